The zero-order chi connectivity index (χ0) is 16.9. The van der Waals surface area contributed by atoms with Gasteiger partial charge in [-0.25, -0.2) is 0 Å². The SMILES string of the molecule is Cc1ccc(Oc2ccccc2CNC(=O)C(C)C2CNC2)cc1. The largest absolute Gasteiger partial charge is 0.457 e. The van der Waals surface area contributed by atoms with E-state index in [1.54, 1.807) is 0 Å². The fourth-order valence-electron chi connectivity index (χ4n) is 2.70. The first-order valence-corrected chi connectivity index (χ1v) is 8.44. The minimum atomic E-state index is 0.0384. The fraction of sp³-hybridized carbons (Fsp3) is 0.350. The van der Waals surface area contributed by atoms with Crippen LogP contribution in [0.4, 0.5) is 0 Å². The average Bonchev–Trinajstić information content (AvgIpc) is 2.54. The summed E-state index contributed by atoms with van der Waals surface area (Å²) in [6, 6.07) is 15.8. The summed E-state index contributed by atoms with van der Waals surface area (Å²) in [6.07, 6.45) is 0. The second kappa shape index (κ2) is 7.49. The van der Waals surface area contributed by atoms with Crippen LogP contribution >= 0.6 is 0 Å². The lowest BCUT2D eigenvalue weighted by atomic mass is 9.88. The van der Waals surface area contributed by atoms with Crippen LogP contribution in [-0.2, 0) is 11.3 Å². The van der Waals surface area contributed by atoms with Crippen LogP contribution in [0.15, 0.2) is 48.5 Å². The van der Waals surface area contributed by atoms with Crippen molar-refractivity contribution in [2.45, 2.75) is 20.4 Å². The molecule has 2 aromatic carbocycles. The molecule has 1 saturated heterocycles. The van der Waals surface area contributed by atoms with Gasteiger partial charge in [0.2, 0.25) is 5.91 Å². The highest BCUT2D eigenvalue weighted by molar-refractivity contribution is 5.78. The molecule has 24 heavy (non-hydrogen) atoms. The van der Waals surface area contributed by atoms with Crippen LogP contribution < -0.4 is 15.4 Å². The Kier molecular flexibility index (Phi) is 5.16. The maximum atomic E-state index is 12.3. The van der Waals surface area contributed by atoms with Crippen molar-refractivity contribution in [2.24, 2.45) is 11.8 Å². The highest BCUT2D eigenvalue weighted by atomic mass is 16.5. The van der Waals surface area contributed by atoms with Crippen molar-refractivity contribution in [3.8, 4) is 11.5 Å². The molecule has 1 aliphatic heterocycles. The van der Waals surface area contributed by atoms with Gasteiger partial charge in [0.25, 0.3) is 0 Å². The Morgan fingerprint density at radius 2 is 1.92 bits per heavy atom. The number of rotatable bonds is 6. The highest BCUT2D eigenvalue weighted by Gasteiger charge is 2.28. The minimum absolute atomic E-state index is 0.0384. The third-order valence-corrected chi connectivity index (χ3v) is 4.61. The molecule has 1 unspecified atom stereocenters. The van der Waals surface area contributed by atoms with Crippen LogP contribution in [0.25, 0.3) is 0 Å². The molecule has 0 spiro atoms. The van der Waals surface area contributed by atoms with Crippen LogP contribution in [0.2, 0.25) is 0 Å². The van der Waals surface area contributed by atoms with E-state index in [0.29, 0.717) is 12.5 Å². The monoisotopic (exact) mass is 324 g/mol. The van der Waals surface area contributed by atoms with Gasteiger partial charge in [-0.05, 0) is 44.1 Å². The second-order valence-electron chi connectivity index (χ2n) is 6.45. The van der Waals surface area contributed by atoms with E-state index in [-0.39, 0.29) is 11.8 Å². The predicted molar refractivity (Wildman–Crippen MR) is 95.1 cm³/mol. The Morgan fingerprint density at radius 3 is 2.58 bits per heavy atom. The van der Waals surface area contributed by atoms with Gasteiger partial charge >= 0.3 is 0 Å². The van der Waals surface area contributed by atoms with Gasteiger partial charge in [0.1, 0.15) is 11.5 Å². The number of nitrogens with one attached hydrogen (secondary N) is 2. The van der Waals surface area contributed by atoms with Crippen molar-refractivity contribution in [1.29, 1.82) is 0 Å². The van der Waals surface area contributed by atoms with Gasteiger partial charge in [-0.15, -0.1) is 0 Å². The number of amides is 1. The van der Waals surface area contributed by atoms with Gasteiger partial charge in [0.15, 0.2) is 0 Å². The van der Waals surface area contributed by atoms with Crippen molar-refractivity contribution in [1.82, 2.24) is 10.6 Å². The number of para-hydroxylation sites is 1. The first-order chi connectivity index (χ1) is 11.6. The number of aryl methyl sites for hydroxylation is 1. The van der Waals surface area contributed by atoms with E-state index in [1.807, 2.05) is 62.4 Å². The smallest absolute Gasteiger partial charge is 0.223 e. The number of hydrogen-bond donors (Lipinski definition) is 2. The molecule has 0 saturated carbocycles. The quantitative estimate of drug-likeness (QED) is 0.857. The number of carbonyl (C=O) groups is 1. The van der Waals surface area contributed by atoms with Crippen LogP contribution in [0.5, 0.6) is 11.5 Å². The summed E-state index contributed by atoms with van der Waals surface area (Å²) in [7, 11) is 0. The molecule has 3 rings (SSSR count). The Morgan fingerprint density at radius 1 is 1.21 bits per heavy atom. The molecule has 1 heterocycles. The van der Waals surface area contributed by atoms with E-state index < -0.39 is 0 Å². The number of carbonyl (C=O) groups excluding carboxylic acids is 1. The summed E-state index contributed by atoms with van der Waals surface area (Å²) in [5.41, 5.74) is 2.17. The van der Waals surface area contributed by atoms with Crippen LogP contribution in [0.3, 0.4) is 0 Å². The third-order valence-electron chi connectivity index (χ3n) is 4.61. The summed E-state index contributed by atoms with van der Waals surface area (Å²) >= 11 is 0. The van der Waals surface area contributed by atoms with E-state index >= 15 is 0 Å². The molecule has 1 fully saturated rings. The molecule has 0 aliphatic carbocycles. The summed E-state index contributed by atoms with van der Waals surface area (Å²) in [6.45, 7) is 6.39. The summed E-state index contributed by atoms with van der Waals surface area (Å²) in [5.74, 6) is 2.17. The average molecular weight is 324 g/mol. The number of benzene rings is 2. The van der Waals surface area contributed by atoms with Gasteiger partial charge in [-0.3, -0.25) is 4.79 Å². The molecule has 2 N–H and O–H groups in total. The molecular formula is C20H24N2O2. The fourth-order valence-corrected chi connectivity index (χ4v) is 2.70. The van der Waals surface area contributed by atoms with Gasteiger partial charge in [-0.2, -0.15) is 0 Å². The summed E-state index contributed by atoms with van der Waals surface area (Å²) in [5, 5.41) is 6.25. The third kappa shape index (κ3) is 3.95. The van der Waals surface area contributed by atoms with E-state index in [4.69, 9.17) is 4.74 Å². The second-order valence-corrected chi connectivity index (χ2v) is 6.45. The summed E-state index contributed by atoms with van der Waals surface area (Å²) in [4.78, 5) is 12.3. The van der Waals surface area contributed by atoms with Crippen molar-refractivity contribution in [2.75, 3.05) is 13.1 Å². The Hall–Kier alpha value is -2.33. The maximum absolute atomic E-state index is 12.3. The van der Waals surface area contributed by atoms with Gasteiger partial charge in [-0.1, -0.05) is 42.8 Å². The molecule has 0 bridgehead atoms. The lowest BCUT2D eigenvalue weighted by Gasteiger charge is -2.31. The molecule has 4 nitrogen and oxygen atoms in total. The molecule has 1 atom stereocenters. The highest BCUT2D eigenvalue weighted by Crippen LogP contribution is 2.25. The first kappa shape index (κ1) is 16.5. The van der Waals surface area contributed by atoms with Crippen molar-refractivity contribution >= 4 is 5.91 Å². The molecular weight excluding hydrogens is 300 g/mol. The van der Waals surface area contributed by atoms with Gasteiger partial charge < -0.3 is 15.4 Å². The molecule has 1 amide bonds. The van der Waals surface area contributed by atoms with Crippen LogP contribution in [0.1, 0.15) is 18.1 Å². The predicted octanol–water partition coefficient (Wildman–Crippen LogP) is 3.26. The summed E-state index contributed by atoms with van der Waals surface area (Å²) < 4.78 is 5.98. The lowest BCUT2D eigenvalue weighted by molar-refractivity contribution is -0.126. The van der Waals surface area contributed by atoms with Crippen molar-refractivity contribution in [3.63, 3.8) is 0 Å². The standard InChI is InChI=1S/C20H24N2O2/c1-14-7-9-18(10-8-14)24-19-6-4-3-5-16(19)13-22-20(23)15(2)17-11-21-12-17/h3-10,15,17,21H,11-13H2,1-2H3,(H,22,23). The molecule has 2 aromatic rings. The first-order valence-electron chi connectivity index (χ1n) is 8.44. The van der Waals surface area contributed by atoms with E-state index in [0.717, 1.165) is 30.2 Å². The van der Waals surface area contributed by atoms with E-state index in [1.165, 1.54) is 5.56 Å². The van der Waals surface area contributed by atoms with Crippen LogP contribution in [0, 0.1) is 18.8 Å². The Bertz CT molecular complexity index is 693. The van der Waals surface area contributed by atoms with Crippen molar-refractivity contribution in [3.05, 3.63) is 59.7 Å². The van der Waals surface area contributed by atoms with Gasteiger partial charge in [0.05, 0.1) is 0 Å². The minimum Gasteiger partial charge on any atom is -0.457 e. The van der Waals surface area contributed by atoms with E-state index in [9.17, 15) is 4.79 Å². The molecule has 1 aliphatic rings. The zero-order valence-corrected chi connectivity index (χ0v) is 14.2. The molecule has 4 heteroatoms. The van der Waals surface area contributed by atoms with E-state index in [2.05, 4.69) is 10.6 Å². The normalized spacial score (nSPS) is 15.4. The molecule has 126 valence electrons. The number of ether oxygens (including phenoxy) is 1. The lowest BCUT2D eigenvalue weighted by Crippen LogP contribution is -2.49. The Labute approximate surface area is 143 Å². The topological polar surface area (TPSA) is 50.4 Å². The maximum Gasteiger partial charge on any atom is 0.223 e. The molecule has 0 radical (unpaired) electrons. The van der Waals surface area contributed by atoms with Crippen molar-refractivity contribution < 1.29 is 9.53 Å². The Balaban J connectivity index is 1.63. The molecule has 0 aromatic heterocycles. The number of hydrogen-bond acceptors (Lipinski definition) is 3. The van der Waals surface area contributed by atoms with Crippen LogP contribution in [-0.4, -0.2) is 19.0 Å². The van der Waals surface area contributed by atoms with Gasteiger partial charge in [0, 0.05) is 18.0 Å². The zero-order valence-electron chi connectivity index (χ0n) is 14.2.